The van der Waals surface area contributed by atoms with E-state index in [0.717, 1.165) is 27.0 Å². The van der Waals surface area contributed by atoms with Crippen molar-refractivity contribution in [1.82, 2.24) is 9.36 Å². The Kier molecular flexibility index (Phi) is 4.39. The number of nitrogens with zero attached hydrogens (tertiary/aromatic N) is 2. The minimum atomic E-state index is -0.00105. The highest BCUT2D eigenvalue weighted by Crippen LogP contribution is 2.33. The molecule has 0 atom stereocenters. The van der Waals surface area contributed by atoms with Gasteiger partial charge in [-0.1, -0.05) is 36.4 Å². The van der Waals surface area contributed by atoms with Crippen LogP contribution in [0.5, 0.6) is 0 Å². The zero-order chi connectivity index (χ0) is 12.3. The molecule has 1 aromatic heterocycles. The first-order valence-electron chi connectivity index (χ1n) is 5.12. The Morgan fingerprint density at radius 1 is 1.47 bits per heavy atom. The van der Waals surface area contributed by atoms with Crippen molar-refractivity contribution >= 4 is 34.9 Å². The van der Waals surface area contributed by atoms with Crippen LogP contribution in [-0.4, -0.2) is 14.5 Å². The standard InChI is InChI=1S/C11H11ClN2OS2/c1-2-10-13-11(17-14-10)16-9-5-8(12)4-3-7(9)6-15/h3-5,15H,2,6H2,1H3. The molecule has 17 heavy (non-hydrogen) atoms. The van der Waals surface area contributed by atoms with E-state index >= 15 is 0 Å². The third-order valence-electron chi connectivity index (χ3n) is 2.16. The molecule has 0 radical (unpaired) electrons. The van der Waals surface area contributed by atoms with Gasteiger partial charge in [0.2, 0.25) is 0 Å². The van der Waals surface area contributed by atoms with Crippen LogP contribution in [-0.2, 0) is 13.0 Å². The summed E-state index contributed by atoms with van der Waals surface area (Å²) in [4.78, 5) is 5.30. The number of aryl methyl sites for hydroxylation is 1. The predicted molar refractivity (Wildman–Crippen MR) is 70.8 cm³/mol. The van der Waals surface area contributed by atoms with Crippen LogP contribution in [0.1, 0.15) is 18.3 Å². The summed E-state index contributed by atoms with van der Waals surface area (Å²) >= 11 is 8.81. The Balaban J connectivity index is 2.25. The van der Waals surface area contributed by atoms with Gasteiger partial charge in [0, 0.05) is 16.3 Å². The predicted octanol–water partition coefficient (Wildman–Crippen LogP) is 3.40. The minimum absolute atomic E-state index is 0.00105. The van der Waals surface area contributed by atoms with E-state index in [9.17, 15) is 5.11 Å². The van der Waals surface area contributed by atoms with Gasteiger partial charge < -0.3 is 5.11 Å². The van der Waals surface area contributed by atoms with E-state index in [-0.39, 0.29) is 6.61 Å². The van der Waals surface area contributed by atoms with Crippen LogP contribution in [0.15, 0.2) is 27.4 Å². The molecule has 1 aromatic carbocycles. The molecule has 0 aliphatic heterocycles. The van der Waals surface area contributed by atoms with Crippen LogP contribution in [0.2, 0.25) is 5.02 Å². The Labute approximate surface area is 113 Å². The molecule has 6 heteroatoms. The molecular formula is C11H11ClN2OS2. The van der Waals surface area contributed by atoms with Gasteiger partial charge in [0.25, 0.3) is 0 Å². The summed E-state index contributed by atoms with van der Waals surface area (Å²) in [6, 6.07) is 5.44. The lowest BCUT2D eigenvalue weighted by Crippen LogP contribution is -1.87. The Morgan fingerprint density at radius 2 is 2.29 bits per heavy atom. The summed E-state index contributed by atoms with van der Waals surface area (Å²) in [6.45, 7) is 2.02. The molecule has 3 nitrogen and oxygen atoms in total. The Morgan fingerprint density at radius 3 is 2.94 bits per heavy atom. The maximum atomic E-state index is 9.25. The molecule has 0 amide bonds. The molecule has 2 rings (SSSR count). The number of halogens is 1. The molecule has 0 unspecified atom stereocenters. The third-order valence-corrected chi connectivity index (χ3v) is 4.29. The van der Waals surface area contributed by atoms with E-state index in [0.29, 0.717) is 5.02 Å². The van der Waals surface area contributed by atoms with Gasteiger partial charge in [-0.2, -0.15) is 4.37 Å². The molecule has 0 bridgehead atoms. The highest BCUT2D eigenvalue weighted by molar-refractivity contribution is 8.01. The smallest absolute Gasteiger partial charge is 0.174 e. The fraction of sp³-hybridized carbons (Fsp3) is 0.273. The van der Waals surface area contributed by atoms with Crippen LogP contribution in [0.4, 0.5) is 0 Å². The SMILES string of the molecule is CCc1nsc(Sc2cc(Cl)ccc2CO)n1. The Hall–Kier alpha value is -0.620. The minimum Gasteiger partial charge on any atom is -0.392 e. The Bertz CT molecular complexity index is 516. The normalized spacial score (nSPS) is 10.8. The van der Waals surface area contributed by atoms with E-state index < -0.39 is 0 Å². The van der Waals surface area contributed by atoms with Crippen molar-refractivity contribution in [2.45, 2.75) is 29.2 Å². The largest absolute Gasteiger partial charge is 0.392 e. The second-order valence-corrected chi connectivity index (χ2v) is 5.82. The van der Waals surface area contributed by atoms with Crippen molar-refractivity contribution < 1.29 is 5.11 Å². The van der Waals surface area contributed by atoms with Crippen molar-refractivity contribution in [2.24, 2.45) is 0 Å². The van der Waals surface area contributed by atoms with E-state index in [2.05, 4.69) is 9.36 Å². The number of aliphatic hydroxyl groups excluding tert-OH is 1. The van der Waals surface area contributed by atoms with Crippen molar-refractivity contribution in [3.05, 3.63) is 34.6 Å². The number of hydrogen-bond donors (Lipinski definition) is 1. The zero-order valence-electron chi connectivity index (χ0n) is 9.18. The first-order valence-corrected chi connectivity index (χ1v) is 7.09. The van der Waals surface area contributed by atoms with Crippen molar-refractivity contribution in [2.75, 3.05) is 0 Å². The third kappa shape index (κ3) is 3.19. The second-order valence-electron chi connectivity index (χ2n) is 3.34. The van der Waals surface area contributed by atoms with Gasteiger partial charge >= 0.3 is 0 Å². The van der Waals surface area contributed by atoms with Gasteiger partial charge in [-0.15, -0.1) is 0 Å². The molecule has 90 valence electrons. The average molecular weight is 287 g/mol. The van der Waals surface area contributed by atoms with Gasteiger partial charge in [-0.25, -0.2) is 4.98 Å². The molecule has 1 heterocycles. The summed E-state index contributed by atoms with van der Waals surface area (Å²) in [5, 5.41) is 9.91. The maximum Gasteiger partial charge on any atom is 0.174 e. The van der Waals surface area contributed by atoms with Crippen molar-refractivity contribution in [1.29, 1.82) is 0 Å². The highest BCUT2D eigenvalue weighted by atomic mass is 35.5. The zero-order valence-corrected chi connectivity index (χ0v) is 11.6. The first kappa shape index (κ1) is 12.8. The van der Waals surface area contributed by atoms with Crippen molar-refractivity contribution in [3.8, 4) is 0 Å². The molecule has 1 N–H and O–H groups in total. The fourth-order valence-corrected chi connectivity index (χ4v) is 3.33. The average Bonchev–Trinajstić information content (AvgIpc) is 2.77. The van der Waals surface area contributed by atoms with E-state index in [1.165, 1.54) is 23.3 Å². The van der Waals surface area contributed by atoms with Gasteiger partial charge in [-0.3, -0.25) is 0 Å². The number of rotatable bonds is 4. The fourth-order valence-electron chi connectivity index (χ4n) is 1.27. The number of aromatic nitrogens is 2. The second kappa shape index (κ2) is 5.82. The molecule has 2 aromatic rings. The van der Waals surface area contributed by atoms with Crippen LogP contribution >= 0.6 is 34.9 Å². The van der Waals surface area contributed by atoms with Crippen molar-refractivity contribution in [3.63, 3.8) is 0 Å². The quantitative estimate of drug-likeness (QED) is 0.936. The number of aliphatic hydroxyl groups is 1. The van der Waals surface area contributed by atoms with E-state index in [4.69, 9.17) is 11.6 Å². The first-order chi connectivity index (χ1) is 8.22. The number of benzene rings is 1. The molecular weight excluding hydrogens is 276 g/mol. The lowest BCUT2D eigenvalue weighted by molar-refractivity contribution is 0.279. The summed E-state index contributed by atoms with van der Waals surface area (Å²) in [5.41, 5.74) is 0.854. The lowest BCUT2D eigenvalue weighted by atomic mass is 10.2. The van der Waals surface area contributed by atoms with Crippen LogP contribution in [0, 0.1) is 0 Å². The lowest BCUT2D eigenvalue weighted by Gasteiger charge is -2.04. The van der Waals surface area contributed by atoms with E-state index in [1.54, 1.807) is 6.07 Å². The van der Waals surface area contributed by atoms with Crippen LogP contribution in [0.25, 0.3) is 0 Å². The van der Waals surface area contributed by atoms with Gasteiger partial charge in [0.05, 0.1) is 6.61 Å². The molecule has 0 fully saturated rings. The summed E-state index contributed by atoms with van der Waals surface area (Å²) in [6.07, 6.45) is 0.833. The molecule has 0 saturated heterocycles. The van der Waals surface area contributed by atoms with Crippen LogP contribution in [0.3, 0.4) is 0 Å². The van der Waals surface area contributed by atoms with Gasteiger partial charge in [0.1, 0.15) is 5.82 Å². The molecule has 0 saturated carbocycles. The monoisotopic (exact) mass is 286 g/mol. The topological polar surface area (TPSA) is 46.0 Å². The highest BCUT2D eigenvalue weighted by Gasteiger charge is 2.08. The van der Waals surface area contributed by atoms with E-state index in [1.807, 2.05) is 19.1 Å². The summed E-state index contributed by atoms with van der Waals surface area (Å²) in [7, 11) is 0. The van der Waals surface area contributed by atoms with Gasteiger partial charge in [-0.05, 0) is 29.2 Å². The molecule has 0 aliphatic carbocycles. The number of hydrogen-bond acceptors (Lipinski definition) is 5. The van der Waals surface area contributed by atoms with Crippen LogP contribution < -0.4 is 0 Å². The summed E-state index contributed by atoms with van der Waals surface area (Å²) < 4.78 is 5.10. The summed E-state index contributed by atoms with van der Waals surface area (Å²) in [5.74, 6) is 0.852. The maximum absolute atomic E-state index is 9.25. The molecule has 0 spiro atoms. The molecule has 0 aliphatic rings. The van der Waals surface area contributed by atoms with Gasteiger partial charge in [0.15, 0.2) is 4.34 Å².